The normalized spacial score (nSPS) is 14.2. The molecule has 1 N–H and O–H groups in total. The fourth-order valence-electron chi connectivity index (χ4n) is 4.70. The average Bonchev–Trinajstić information content (AvgIpc) is 3.41. The number of nitrogens with zero attached hydrogens (tertiary/aromatic N) is 3. The highest BCUT2D eigenvalue weighted by atomic mass is 35.5. The van der Waals surface area contributed by atoms with Crippen LogP contribution in [0.5, 0.6) is 11.5 Å². The Morgan fingerprint density at radius 1 is 0.977 bits per heavy atom. The number of hydrogen-bond donors (Lipinski definition) is 1. The van der Waals surface area contributed by atoms with E-state index in [0.717, 1.165) is 11.1 Å². The molecule has 1 atom stereocenters. The van der Waals surface area contributed by atoms with Crippen LogP contribution in [0, 0.1) is 0 Å². The van der Waals surface area contributed by atoms with Crippen molar-refractivity contribution in [2.45, 2.75) is 50.8 Å². The molecule has 230 valence electrons. The largest absolute Gasteiger partial charge is 0.490 e. The van der Waals surface area contributed by atoms with Gasteiger partial charge in [-0.15, -0.1) is 5.10 Å². The van der Waals surface area contributed by atoms with Crippen molar-refractivity contribution in [2.24, 2.45) is 0 Å². The van der Waals surface area contributed by atoms with Crippen LogP contribution in [-0.2, 0) is 21.9 Å². The van der Waals surface area contributed by atoms with Gasteiger partial charge in [0.15, 0.2) is 11.5 Å². The summed E-state index contributed by atoms with van der Waals surface area (Å²) in [6, 6.07) is 17.9. The number of benzene rings is 3. The van der Waals surface area contributed by atoms with Gasteiger partial charge in [0.1, 0.15) is 12.6 Å². The van der Waals surface area contributed by atoms with Gasteiger partial charge in [-0.2, -0.15) is 4.98 Å². The van der Waals surface area contributed by atoms with Crippen LogP contribution in [0.2, 0.25) is 15.1 Å². The molecule has 0 spiro atoms. The van der Waals surface area contributed by atoms with E-state index in [1.54, 1.807) is 28.9 Å². The Hall–Kier alpha value is -3.37. The Morgan fingerprint density at radius 2 is 1.73 bits per heavy atom. The van der Waals surface area contributed by atoms with E-state index in [-0.39, 0.29) is 6.61 Å². The molecule has 5 rings (SSSR count). The summed E-state index contributed by atoms with van der Waals surface area (Å²) in [6.45, 7) is 6.52. The maximum atomic E-state index is 13.4. The number of thioether (sulfide) groups is 1. The van der Waals surface area contributed by atoms with Crippen molar-refractivity contribution in [3.05, 3.63) is 104 Å². The molecule has 0 radical (unpaired) electrons. The molecule has 0 saturated carbocycles. The highest BCUT2D eigenvalue weighted by Crippen LogP contribution is 2.41. The third-order valence-corrected chi connectivity index (χ3v) is 8.79. The first-order valence-electron chi connectivity index (χ1n) is 14.1. The SMILES string of the molecule is CCCOC(=O)C1=C(C)Nc2nc(SCc3ccccc3Cl)nn2C1c1ccc(OCc2c(Cl)cccc2Cl)c(OCC)c1. The van der Waals surface area contributed by atoms with E-state index < -0.39 is 12.0 Å². The van der Waals surface area contributed by atoms with Crippen LogP contribution in [0.1, 0.15) is 49.9 Å². The molecule has 0 fully saturated rings. The molecular formula is C32H31Cl3N4O4S. The zero-order valence-electron chi connectivity index (χ0n) is 24.4. The van der Waals surface area contributed by atoms with Gasteiger partial charge in [0.05, 0.1) is 18.8 Å². The van der Waals surface area contributed by atoms with Crippen LogP contribution >= 0.6 is 46.6 Å². The summed E-state index contributed by atoms with van der Waals surface area (Å²) in [6.07, 6.45) is 0.698. The number of rotatable bonds is 12. The van der Waals surface area contributed by atoms with Gasteiger partial charge in [0.25, 0.3) is 0 Å². The Labute approximate surface area is 275 Å². The molecule has 1 aliphatic heterocycles. The minimum atomic E-state index is -0.635. The van der Waals surface area contributed by atoms with E-state index in [9.17, 15) is 4.79 Å². The molecule has 0 bridgehead atoms. The van der Waals surface area contributed by atoms with Crippen LogP contribution in [0.4, 0.5) is 5.95 Å². The molecular weight excluding hydrogens is 643 g/mol. The fourth-order valence-corrected chi connectivity index (χ4v) is 6.32. The van der Waals surface area contributed by atoms with Gasteiger partial charge in [-0.1, -0.05) is 83.8 Å². The molecule has 3 aromatic carbocycles. The maximum Gasteiger partial charge on any atom is 0.338 e. The van der Waals surface area contributed by atoms with E-state index in [2.05, 4.69) is 5.32 Å². The topological polar surface area (TPSA) is 87.5 Å². The van der Waals surface area contributed by atoms with Crippen molar-refractivity contribution in [3.8, 4) is 11.5 Å². The minimum absolute atomic E-state index is 0.151. The molecule has 0 saturated heterocycles. The molecule has 1 aliphatic rings. The summed E-state index contributed by atoms with van der Waals surface area (Å²) >= 11 is 20.5. The Balaban J connectivity index is 1.50. The number of allylic oxidation sites excluding steroid dienone is 1. The summed E-state index contributed by atoms with van der Waals surface area (Å²) in [5, 5.41) is 10.3. The average molecular weight is 674 g/mol. The van der Waals surface area contributed by atoms with E-state index in [0.29, 0.717) is 79.9 Å². The van der Waals surface area contributed by atoms with Crippen molar-refractivity contribution >= 4 is 58.5 Å². The third kappa shape index (κ3) is 7.12. The zero-order valence-corrected chi connectivity index (χ0v) is 27.5. The minimum Gasteiger partial charge on any atom is -0.490 e. The number of carbonyl (C=O) groups is 1. The summed E-state index contributed by atoms with van der Waals surface area (Å²) in [5.74, 6) is 1.67. The predicted molar refractivity (Wildman–Crippen MR) is 175 cm³/mol. The van der Waals surface area contributed by atoms with Gasteiger partial charge in [0.2, 0.25) is 11.1 Å². The quantitative estimate of drug-likeness (QED) is 0.118. The molecule has 12 heteroatoms. The van der Waals surface area contributed by atoms with Gasteiger partial charge in [0, 0.05) is 32.1 Å². The number of halogens is 3. The van der Waals surface area contributed by atoms with Crippen LogP contribution < -0.4 is 14.8 Å². The fraction of sp³-hybridized carbons (Fsp3) is 0.281. The van der Waals surface area contributed by atoms with Crippen molar-refractivity contribution in [2.75, 3.05) is 18.5 Å². The molecule has 1 aromatic heterocycles. The molecule has 2 heterocycles. The number of esters is 1. The van der Waals surface area contributed by atoms with E-state index >= 15 is 0 Å². The zero-order chi connectivity index (χ0) is 31.2. The van der Waals surface area contributed by atoms with Crippen molar-refractivity contribution in [3.63, 3.8) is 0 Å². The van der Waals surface area contributed by atoms with Gasteiger partial charge in [-0.3, -0.25) is 0 Å². The van der Waals surface area contributed by atoms with Crippen molar-refractivity contribution in [1.82, 2.24) is 14.8 Å². The molecule has 4 aromatic rings. The lowest BCUT2D eigenvalue weighted by atomic mass is 9.95. The smallest absolute Gasteiger partial charge is 0.338 e. The second-order valence-electron chi connectivity index (χ2n) is 9.87. The highest BCUT2D eigenvalue weighted by Gasteiger charge is 2.36. The monoisotopic (exact) mass is 672 g/mol. The van der Waals surface area contributed by atoms with Gasteiger partial charge in [-0.05, 0) is 61.7 Å². The predicted octanol–water partition coefficient (Wildman–Crippen LogP) is 8.75. The van der Waals surface area contributed by atoms with Crippen LogP contribution in [0.25, 0.3) is 0 Å². The standard InChI is InChI=1S/C32H31Cl3N4O4S/c1-4-15-42-30(40)28-19(3)36-31-37-32(44-18-21-9-6-7-10-23(21)33)38-39(31)29(28)20-13-14-26(27(16-20)41-5-2)43-17-22-24(34)11-8-12-25(22)35/h6-14,16,29H,4-5,15,17-18H2,1-3H3,(H,36,37,38). The van der Waals surface area contributed by atoms with Crippen molar-refractivity contribution in [1.29, 1.82) is 0 Å². The number of fused-ring (bicyclic) bond motifs is 1. The Bertz CT molecular complexity index is 1670. The Kier molecular flexibility index (Phi) is 10.6. The lowest BCUT2D eigenvalue weighted by molar-refractivity contribution is -0.139. The number of ether oxygens (including phenoxy) is 3. The van der Waals surface area contributed by atoms with Gasteiger partial charge < -0.3 is 19.5 Å². The number of aromatic nitrogens is 3. The number of hydrogen-bond acceptors (Lipinski definition) is 8. The summed E-state index contributed by atoms with van der Waals surface area (Å²) in [7, 11) is 0. The lowest BCUT2D eigenvalue weighted by Gasteiger charge is -2.28. The number of nitrogens with one attached hydrogen (secondary N) is 1. The van der Waals surface area contributed by atoms with Crippen molar-refractivity contribution < 1.29 is 19.0 Å². The van der Waals surface area contributed by atoms with Crippen LogP contribution in [0.3, 0.4) is 0 Å². The molecule has 0 aliphatic carbocycles. The van der Waals surface area contributed by atoms with E-state index in [1.807, 2.05) is 57.2 Å². The van der Waals surface area contributed by atoms with E-state index in [1.165, 1.54) is 11.8 Å². The lowest BCUT2D eigenvalue weighted by Crippen LogP contribution is -2.29. The van der Waals surface area contributed by atoms with Gasteiger partial charge in [-0.25, -0.2) is 9.48 Å². The number of anilines is 1. The molecule has 1 unspecified atom stereocenters. The summed E-state index contributed by atoms with van der Waals surface area (Å²) in [5.41, 5.74) is 3.45. The third-order valence-electron chi connectivity index (χ3n) is 6.82. The van der Waals surface area contributed by atoms with Crippen LogP contribution in [-0.4, -0.2) is 33.9 Å². The molecule has 0 amide bonds. The Morgan fingerprint density at radius 3 is 2.45 bits per heavy atom. The molecule has 8 nitrogen and oxygen atoms in total. The van der Waals surface area contributed by atoms with Gasteiger partial charge >= 0.3 is 5.97 Å². The second kappa shape index (κ2) is 14.6. The maximum absolute atomic E-state index is 13.4. The van der Waals surface area contributed by atoms with Crippen LogP contribution in [0.15, 0.2) is 77.1 Å². The van der Waals surface area contributed by atoms with E-state index in [4.69, 9.17) is 59.1 Å². The highest BCUT2D eigenvalue weighted by molar-refractivity contribution is 7.98. The first-order valence-corrected chi connectivity index (χ1v) is 16.2. The second-order valence-corrected chi connectivity index (χ2v) is 12.0. The summed E-state index contributed by atoms with van der Waals surface area (Å²) < 4.78 is 19.4. The first-order chi connectivity index (χ1) is 21.3. The molecule has 44 heavy (non-hydrogen) atoms. The first kappa shape index (κ1) is 32.0. The summed E-state index contributed by atoms with van der Waals surface area (Å²) in [4.78, 5) is 18.2. The number of carbonyl (C=O) groups excluding carboxylic acids is 1.